The number of hydrogen-bond donors (Lipinski definition) is 1. The van der Waals surface area contributed by atoms with Gasteiger partial charge in [0.05, 0.1) is 0 Å². The smallest absolute Gasteiger partial charge is 0.223 e. The number of nitrogens with zero attached hydrogens (tertiary/aromatic N) is 1. The van der Waals surface area contributed by atoms with E-state index >= 15 is 0 Å². The van der Waals surface area contributed by atoms with Crippen molar-refractivity contribution in [3.05, 3.63) is 45.7 Å². The molecular formula is C16H19BrN2OS. The highest BCUT2D eigenvalue weighted by atomic mass is 79.9. The highest BCUT2D eigenvalue weighted by Crippen LogP contribution is 2.29. The van der Waals surface area contributed by atoms with Crippen molar-refractivity contribution < 1.29 is 4.79 Å². The SMILES string of the molecule is CN(C)C(=O)CCNCc1ccc(-c2cccc(Br)c2)s1. The largest absolute Gasteiger partial charge is 0.349 e. The molecule has 0 aliphatic carbocycles. The molecule has 0 fully saturated rings. The number of thiophene rings is 1. The minimum Gasteiger partial charge on any atom is -0.349 e. The van der Waals surface area contributed by atoms with Gasteiger partial charge in [-0.1, -0.05) is 28.1 Å². The molecule has 1 aromatic carbocycles. The fraction of sp³-hybridized carbons (Fsp3) is 0.312. The highest BCUT2D eigenvalue weighted by Gasteiger charge is 2.05. The van der Waals surface area contributed by atoms with Gasteiger partial charge >= 0.3 is 0 Å². The van der Waals surface area contributed by atoms with Crippen molar-refractivity contribution in [2.45, 2.75) is 13.0 Å². The van der Waals surface area contributed by atoms with E-state index in [1.165, 1.54) is 15.3 Å². The van der Waals surface area contributed by atoms with E-state index in [1.807, 2.05) is 12.1 Å². The molecule has 21 heavy (non-hydrogen) atoms. The Morgan fingerprint density at radius 2 is 2.10 bits per heavy atom. The van der Waals surface area contributed by atoms with E-state index in [4.69, 9.17) is 0 Å². The Kier molecular flexibility index (Phi) is 5.96. The van der Waals surface area contributed by atoms with Crippen molar-refractivity contribution in [1.29, 1.82) is 0 Å². The summed E-state index contributed by atoms with van der Waals surface area (Å²) in [5.74, 6) is 0.156. The fourth-order valence-corrected chi connectivity index (χ4v) is 3.27. The maximum Gasteiger partial charge on any atom is 0.223 e. The van der Waals surface area contributed by atoms with E-state index in [-0.39, 0.29) is 5.91 Å². The molecule has 2 rings (SSSR count). The summed E-state index contributed by atoms with van der Waals surface area (Å²) in [6.07, 6.45) is 0.539. The van der Waals surface area contributed by atoms with Gasteiger partial charge in [-0.15, -0.1) is 11.3 Å². The molecule has 0 spiro atoms. The molecule has 0 bridgehead atoms. The van der Waals surface area contributed by atoms with Crippen molar-refractivity contribution in [3.8, 4) is 10.4 Å². The standard InChI is InChI=1S/C16H19BrN2OS/c1-19(2)16(20)8-9-18-11-14-6-7-15(21-14)12-4-3-5-13(17)10-12/h3-7,10,18H,8-9,11H2,1-2H3. The molecule has 112 valence electrons. The number of carbonyl (C=O) groups is 1. The molecule has 2 aromatic rings. The van der Waals surface area contributed by atoms with Gasteiger partial charge in [0.1, 0.15) is 0 Å². The van der Waals surface area contributed by atoms with Crippen molar-refractivity contribution >= 4 is 33.2 Å². The summed E-state index contributed by atoms with van der Waals surface area (Å²) in [6, 6.07) is 12.6. The molecule has 0 saturated heterocycles. The minimum atomic E-state index is 0.156. The molecule has 0 unspecified atom stereocenters. The lowest BCUT2D eigenvalue weighted by Crippen LogP contribution is -2.26. The molecule has 3 nitrogen and oxygen atoms in total. The van der Waals surface area contributed by atoms with Crippen LogP contribution in [-0.2, 0) is 11.3 Å². The van der Waals surface area contributed by atoms with Gasteiger partial charge in [0.15, 0.2) is 0 Å². The summed E-state index contributed by atoms with van der Waals surface area (Å²) in [7, 11) is 3.57. The zero-order valence-electron chi connectivity index (χ0n) is 12.2. The van der Waals surface area contributed by atoms with Crippen LogP contribution in [0.3, 0.4) is 0 Å². The number of hydrogen-bond acceptors (Lipinski definition) is 3. The number of benzene rings is 1. The van der Waals surface area contributed by atoms with Gasteiger partial charge in [-0.05, 0) is 29.8 Å². The second kappa shape index (κ2) is 7.73. The van der Waals surface area contributed by atoms with E-state index in [1.54, 1.807) is 30.3 Å². The van der Waals surface area contributed by atoms with E-state index in [0.29, 0.717) is 13.0 Å². The third kappa shape index (κ3) is 4.95. The molecule has 0 atom stereocenters. The van der Waals surface area contributed by atoms with E-state index < -0.39 is 0 Å². The number of carbonyl (C=O) groups excluding carboxylic acids is 1. The summed E-state index contributed by atoms with van der Waals surface area (Å²) >= 11 is 5.28. The van der Waals surface area contributed by atoms with Crippen LogP contribution in [0.1, 0.15) is 11.3 Å². The Balaban J connectivity index is 1.85. The van der Waals surface area contributed by atoms with Crippen LogP contribution in [0.25, 0.3) is 10.4 Å². The van der Waals surface area contributed by atoms with Gasteiger partial charge < -0.3 is 10.2 Å². The molecule has 5 heteroatoms. The number of rotatable bonds is 6. The quantitative estimate of drug-likeness (QED) is 0.789. The van der Waals surface area contributed by atoms with Gasteiger partial charge in [-0.25, -0.2) is 0 Å². The maximum absolute atomic E-state index is 11.5. The first-order valence-electron chi connectivity index (χ1n) is 6.82. The van der Waals surface area contributed by atoms with Crippen molar-refractivity contribution in [2.24, 2.45) is 0 Å². The van der Waals surface area contributed by atoms with Crippen LogP contribution < -0.4 is 5.32 Å². The van der Waals surface area contributed by atoms with Gasteiger partial charge in [-0.2, -0.15) is 0 Å². The topological polar surface area (TPSA) is 32.3 Å². The van der Waals surface area contributed by atoms with Crippen LogP contribution >= 0.6 is 27.3 Å². The average Bonchev–Trinajstić information content (AvgIpc) is 2.92. The molecule has 0 radical (unpaired) electrons. The lowest BCUT2D eigenvalue weighted by atomic mass is 10.2. The third-order valence-electron chi connectivity index (χ3n) is 3.08. The first kappa shape index (κ1) is 16.2. The molecule has 0 aliphatic rings. The van der Waals surface area contributed by atoms with Crippen molar-refractivity contribution in [3.63, 3.8) is 0 Å². The Morgan fingerprint density at radius 1 is 1.29 bits per heavy atom. The molecule has 1 N–H and O–H groups in total. The average molecular weight is 367 g/mol. The zero-order chi connectivity index (χ0) is 15.2. The highest BCUT2D eigenvalue weighted by molar-refractivity contribution is 9.10. The van der Waals surface area contributed by atoms with Crippen LogP contribution in [0, 0.1) is 0 Å². The molecule has 0 aliphatic heterocycles. The Bertz CT molecular complexity index is 610. The van der Waals surface area contributed by atoms with Crippen LogP contribution in [0.15, 0.2) is 40.9 Å². The summed E-state index contributed by atoms with van der Waals surface area (Å²) in [5.41, 5.74) is 1.23. The lowest BCUT2D eigenvalue weighted by molar-refractivity contribution is -0.128. The fourth-order valence-electron chi connectivity index (χ4n) is 1.90. The lowest BCUT2D eigenvalue weighted by Gasteiger charge is -2.09. The van der Waals surface area contributed by atoms with Gasteiger partial charge in [0.2, 0.25) is 5.91 Å². The molecular weight excluding hydrogens is 348 g/mol. The van der Waals surface area contributed by atoms with Gasteiger partial charge in [0.25, 0.3) is 0 Å². The molecule has 0 saturated carbocycles. The Labute approximate surface area is 138 Å². The summed E-state index contributed by atoms with van der Waals surface area (Å²) in [6.45, 7) is 1.51. The number of amides is 1. The Morgan fingerprint density at radius 3 is 2.81 bits per heavy atom. The van der Waals surface area contributed by atoms with E-state index in [2.05, 4.69) is 45.5 Å². The predicted molar refractivity (Wildman–Crippen MR) is 92.5 cm³/mol. The second-order valence-electron chi connectivity index (χ2n) is 4.99. The van der Waals surface area contributed by atoms with E-state index in [0.717, 1.165) is 11.0 Å². The summed E-state index contributed by atoms with van der Waals surface area (Å²) in [5, 5.41) is 3.32. The predicted octanol–water partition coefficient (Wildman–Crippen LogP) is 3.75. The molecule has 1 heterocycles. The summed E-state index contributed by atoms with van der Waals surface area (Å²) < 4.78 is 1.09. The number of halogens is 1. The van der Waals surface area contributed by atoms with Crippen LogP contribution in [0.5, 0.6) is 0 Å². The Hall–Kier alpha value is -1.17. The summed E-state index contributed by atoms with van der Waals surface area (Å²) in [4.78, 5) is 15.6. The first-order valence-corrected chi connectivity index (χ1v) is 8.43. The van der Waals surface area contributed by atoms with Gasteiger partial charge in [-0.3, -0.25) is 4.79 Å². The minimum absolute atomic E-state index is 0.156. The van der Waals surface area contributed by atoms with Crippen molar-refractivity contribution in [1.82, 2.24) is 10.2 Å². The monoisotopic (exact) mass is 366 g/mol. The normalized spacial score (nSPS) is 10.6. The third-order valence-corrected chi connectivity index (χ3v) is 4.71. The first-order chi connectivity index (χ1) is 10.1. The maximum atomic E-state index is 11.5. The van der Waals surface area contributed by atoms with Crippen LogP contribution in [0.4, 0.5) is 0 Å². The zero-order valence-corrected chi connectivity index (χ0v) is 14.6. The number of nitrogens with one attached hydrogen (secondary N) is 1. The second-order valence-corrected chi connectivity index (χ2v) is 7.08. The molecule has 1 aromatic heterocycles. The molecule has 1 amide bonds. The van der Waals surface area contributed by atoms with E-state index in [9.17, 15) is 4.79 Å². The van der Waals surface area contributed by atoms with Crippen LogP contribution in [-0.4, -0.2) is 31.4 Å². The van der Waals surface area contributed by atoms with Crippen LogP contribution in [0.2, 0.25) is 0 Å². The van der Waals surface area contributed by atoms with Crippen molar-refractivity contribution in [2.75, 3.05) is 20.6 Å². The van der Waals surface area contributed by atoms with Gasteiger partial charge in [0, 0.05) is 47.8 Å².